The lowest BCUT2D eigenvalue weighted by atomic mass is 10.0. The number of hydrogen-bond donors (Lipinski definition) is 1. The van der Waals surface area contributed by atoms with Crippen molar-refractivity contribution in [3.63, 3.8) is 0 Å². The molecular weight excluding hydrogens is 364 g/mol. The molecule has 0 saturated carbocycles. The van der Waals surface area contributed by atoms with Gasteiger partial charge >= 0.3 is 0 Å². The van der Waals surface area contributed by atoms with Crippen LogP contribution in [0.3, 0.4) is 0 Å². The fourth-order valence-electron chi connectivity index (χ4n) is 4.43. The molecule has 1 N–H and O–H groups in total. The third kappa shape index (κ3) is 4.79. The number of likely N-dealkylation sites (tertiary alicyclic amines) is 1. The van der Waals surface area contributed by atoms with E-state index in [0.29, 0.717) is 17.8 Å². The Balaban J connectivity index is 1.21. The molecule has 28 heavy (non-hydrogen) atoms. The van der Waals surface area contributed by atoms with Crippen molar-refractivity contribution in [3.05, 3.63) is 65.2 Å². The first kappa shape index (κ1) is 19.5. The maximum absolute atomic E-state index is 12.4. The second-order valence-electron chi connectivity index (χ2n) is 8.04. The summed E-state index contributed by atoms with van der Waals surface area (Å²) in [6.45, 7) is 4.36. The van der Waals surface area contributed by atoms with Gasteiger partial charge in [-0.2, -0.15) is 0 Å². The number of amides is 1. The van der Waals surface area contributed by atoms with Crippen molar-refractivity contribution in [2.24, 2.45) is 0 Å². The molecule has 0 radical (unpaired) electrons. The standard InChI is InChI=1S/C24H30N2OS/c1-18(19-6-3-2-4-7-19)26-14-12-22(13-15-26)25-24(27)17-28-23-11-10-20-8-5-9-21(20)16-23/h2-4,6-7,10-11,16,18,22H,5,8-9,12-15,17H2,1H3,(H,25,27). The lowest BCUT2D eigenvalue weighted by Crippen LogP contribution is -2.45. The van der Waals surface area contributed by atoms with E-state index in [4.69, 9.17) is 0 Å². The summed E-state index contributed by atoms with van der Waals surface area (Å²) < 4.78 is 0. The van der Waals surface area contributed by atoms with Gasteiger partial charge < -0.3 is 5.32 Å². The van der Waals surface area contributed by atoms with Crippen LogP contribution in [0, 0.1) is 0 Å². The quantitative estimate of drug-likeness (QED) is 0.726. The Morgan fingerprint density at radius 3 is 2.64 bits per heavy atom. The molecule has 1 fully saturated rings. The molecule has 1 saturated heterocycles. The number of benzene rings is 2. The van der Waals surface area contributed by atoms with Gasteiger partial charge in [-0.1, -0.05) is 36.4 Å². The molecule has 2 aromatic rings. The van der Waals surface area contributed by atoms with Crippen molar-refractivity contribution in [2.75, 3.05) is 18.8 Å². The van der Waals surface area contributed by atoms with Crippen molar-refractivity contribution in [2.45, 2.75) is 56.0 Å². The number of carbonyl (C=O) groups excluding carboxylic acids is 1. The van der Waals surface area contributed by atoms with Crippen LogP contribution in [-0.4, -0.2) is 35.7 Å². The molecule has 1 aliphatic carbocycles. The van der Waals surface area contributed by atoms with Crippen molar-refractivity contribution >= 4 is 17.7 Å². The van der Waals surface area contributed by atoms with E-state index >= 15 is 0 Å². The number of rotatable bonds is 6. The number of thioether (sulfide) groups is 1. The average Bonchev–Trinajstić information content (AvgIpc) is 3.21. The Hall–Kier alpha value is -1.78. The summed E-state index contributed by atoms with van der Waals surface area (Å²) in [5.41, 5.74) is 4.34. The van der Waals surface area contributed by atoms with Crippen LogP contribution in [0.2, 0.25) is 0 Å². The molecule has 0 aromatic heterocycles. The van der Waals surface area contributed by atoms with E-state index in [9.17, 15) is 4.79 Å². The van der Waals surface area contributed by atoms with Gasteiger partial charge in [0.1, 0.15) is 0 Å². The molecule has 1 heterocycles. The van der Waals surface area contributed by atoms with Crippen LogP contribution in [0.15, 0.2) is 53.4 Å². The Labute approximate surface area is 172 Å². The molecule has 4 heteroatoms. The zero-order valence-corrected chi connectivity index (χ0v) is 17.5. The fourth-order valence-corrected chi connectivity index (χ4v) is 5.20. The molecule has 4 rings (SSSR count). The van der Waals surface area contributed by atoms with Crippen LogP contribution in [0.5, 0.6) is 0 Å². The van der Waals surface area contributed by atoms with Crippen molar-refractivity contribution in [3.8, 4) is 0 Å². The summed E-state index contributed by atoms with van der Waals surface area (Å²) >= 11 is 1.66. The lowest BCUT2D eigenvalue weighted by Gasteiger charge is -2.36. The second-order valence-corrected chi connectivity index (χ2v) is 9.09. The maximum Gasteiger partial charge on any atom is 0.230 e. The van der Waals surface area contributed by atoms with Gasteiger partial charge in [-0.25, -0.2) is 0 Å². The summed E-state index contributed by atoms with van der Waals surface area (Å²) in [5.74, 6) is 0.680. The Morgan fingerprint density at radius 2 is 1.86 bits per heavy atom. The highest BCUT2D eigenvalue weighted by Gasteiger charge is 2.24. The fraction of sp³-hybridized carbons (Fsp3) is 0.458. The molecule has 1 atom stereocenters. The van der Waals surface area contributed by atoms with Crippen LogP contribution in [0.4, 0.5) is 0 Å². The maximum atomic E-state index is 12.4. The molecule has 1 unspecified atom stereocenters. The van der Waals surface area contributed by atoms with Gasteiger partial charge in [-0.05, 0) is 67.9 Å². The summed E-state index contributed by atoms with van der Waals surface area (Å²) in [7, 11) is 0. The van der Waals surface area contributed by atoms with Crippen LogP contribution < -0.4 is 5.32 Å². The van der Waals surface area contributed by atoms with Crippen LogP contribution >= 0.6 is 11.8 Å². The predicted molar refractivity (Wildman–Crippen MR) is 117 cm³/mol. The van der Waals surface area contributed by atoms with Gasteiger partial charge in [0, 0.05) is 30.1 Å². The molecule has 3 nitrogen and oxygen atoms in total. The molecule has 148 valence electrons. The Morgan fingerprint density at radius 1 is 1.11 bits per heavy atom. The smallest absolute Gasteiger partial charge is 0.230 e. The molecule has 0 spiro atoms. The van der Waals surface area contributed by atoms with Crippen molar-refractivity contribution in [1.82, 2.24) is 10.2 Å². The van der Waals surface area contributed by atoms with E-state index in [1.165, 1.54) is 40.8 Å². The van der Waals surface area contributed by atoms with Crippen molar-refractivity contribution < 1.29 is 4.79 Å². The molecule has 1 amide bonds. The Kier molecular flexibility index (Phi) is 6.38. The monoisotopic (exact) mass is 394 g/mol. The summed E-state index contributed by atoms with van der Waals surface area (Å²) in [4.78, 5) is 16.2. The zero-order valence-electron chi connectivity index (χ0n) is 16.7. The number of hydrogen-bond acceptors (Lipinski definition) is 3. The van der Waals surface area contributed by atoms with Crippen LogP contribution in [0.25, 0.3) is 0 Å². The Bertz CT molecular complexity index is 800. The number of carbonyl (C=O) groups is 1. The van der Waals surface area contributed by atoms with Gasteiger partial charge in [0.2, 0.25) is 5.91 Å². The first-order chi connectivity index (χ1) is 13.7. The van der Waals surface area contributed by atoms with E-state index in [1.54, 1.807) is 11.8 Å². The lowest BCUT2D eigenvalue weighted by molar-refractivity contribution is -0.119. The number of nitrogens with zero attached hydrogens (tertiary/aromatic N) is 1. The molecule has 2 aromatic carbocycles. The second kappa shape index (κ2) is 9.15. The van der Waals surface area contributed by atoms with Gasteiger partial charge in [0.05, 0.1) is 5.75 Å². The highest BCUT2D eigenvalue weighted by molar-refractivity contribution is 8.00. The highest BCUT2D eigenvalue weighted by atomic mass is 32.2. The summed E-state index contributed by atoms with van der Waals surface area (Å²) in [6.07, 6.45) is 5.74. The SMILES string of the molecule is CC(c1ccccc1)N1CCC(NC(=O)CSc2ccc3c(c2)CCC3)CC1. The van der Waals surface area contributed by atoms with Gasteiger partial charge in [-0.15, -0.1) is 11.8 Å². The number of fused-ring (bicyclic) bond motifs is 1. The summed E-state index contributed by atoms with van der Waals surface area (Å²) in [6, 6.07) is 18.1. The van der Waals surface area contributed by atoms with E-state index in [-0.39, 0.29) is 5.91 Å². The predicted octanol–water partition coefficient (Wildman–Crippen LogP) is 4.61. The van der Waals surface area contributed by atoms with E-state index in [1.807, 2.05) is 0 Å². The zero-order chi connectivity index (χ0) is 19.3. The third-order valence-electron chi connectivity index (χ3n) is 6.16. The minimum atomic E-state index is 0.167. The normalized spacial score (nSPS) is 18.6. The first-order valence-corrected chi connectivity index (χ1v) is 11.5. The minimum Gasteiger partial charge on any atom is -0.353 e. The first-order valence-electron chi connectivity index (χ1n) is 10.5. The number of nitrogens with one attached hydrogen (secondary N) is 1. The molecular formula is C24H30N2OS. The van der Waals surface area contributed by atoms with Crippen molar-refractivity contribution in [1.29, 1.82) is 0 Å². The largest absolute Gasteiger partial charge is 0.353 e. The number of aryl methyl sites for hydroxylation is 2. The van der Waals surface area contributed by atoms with E-state index in [2.05, 4.69) is 65.7 Å². The van der Waals surface area contributed by atoms with Gasteiger partial charge in [0.25, 0.3) is 0 Å². The van der Waals surface area contributed by atoms with Crippen LogP contribution in [0.1, 0.15) is 48.9 Å². The molecule has 1 aliphatic heterocycles. The van der Waals surface area contributed by atoms with E-state index < -0.39 is 0 Å². The third-order valence-corrected chi connectivity index (χ3v) is 7.16. The molecule has 0 bridgehead atoms. The topological polar surface area (TPSA) is 32.3 Å². The van der Waals surface area contributed by atoms with Gasteiger partial charge in [0.15, 0.2) is 0 Å². The van der Waals surface area contributed by atoms with Gasteiger partial charge in [-0.3, -0.25) is 9.69 Å². The minimum absolute atomic E-state index is 0.167. The highest BCUT2D eigenvalue weighted by Crippen LogP contribution is 2.28. The number of piperidine rings is 1. The summed E-state index contributed by atoms with van der Waals surface area (Å²) in [5, 5.41) is 3.25. The van der Waals surface area contributed by atoms with Crippen LogP contribution in [-0.2, 0) is 17.6 Å². The van der Waals surface area contributed by atoms with E-state index in [0.717, 1.165) is 25.9 Å². The molecule has 2 aliphatic rings. The average molecular weight is 395 g/mol.